The summed E-state index contributed by atoms with van der Waals surface area (Å²) >= 11 is 0. The van der Waals surface area contributed by atoms with E-state index >= 15 is 0 Å². The van der Waals surface area contributed by atoms with Gasteiger partial charge < -0.3 is 10.2 Å². The molecule has 0 saturated carbocycles. The Kier molecular flexibility index (Phi) is 5.25. The lowest BCUT2D eigenvalue weighted by atomic mass is 10.1. The molecule has 0 bridgehead atoms. The molecule has 0 aliphatic heterocycles. The van der Waals surface area contributed by atoms with Crippen LogP contribution in [0.15, 0.2) is 77.4 Å². The van der Waals surface area contributed by atoms with Gasteiger partial charge in [-0.25, -0.2) is 0 Å². The van der Waals surface area contributed by atoms with Crippen molar-refractivity contribution in [3.05, 3.63) is 95.4 Å². The van der Waals surface area contributed by atoms with Gasteiger partial charge >= 0.3 is 0 Å². The molecule has 0 spiro atoms. The van der Waals surface area contributed by atoms with E-state index in [0.29, 0.717) is 6.54 Å². The molecule has 0 fully saturated rings. The molecule has 0 radical (unpaired) electrons. The molecule has 0 amide bonds. The van der Waals surface area contributed by atoms with Crippen LogP contribution in [-0.4, -0.2) is 4.90 Å². The summed E-state index contributed by atoms with van der Waals surface area (Å²) in [5, 5.41) is 0. The summed E-state index contributed by atoms with van der Waals surface area (Å²) < 4.78 is 5.64. The quantitative estimate of drug-likeness (QED) is 0.719. The van der Waals surface area contributed by atoms with Gasteiger partial charge in [-0.3, -0.25) is 4.90 Å². The van der Waals surface area contributed by atoms with Crippen molar-refractivity contribution in [2.45, 2.75) is 26.2 Å². The largest absolute Gasteiger partial charge is 0.468 e. The SMILES string of the molecule is NCc1coc(CN(Cc2ccccc2)Cc2ccccc2)c1. The average Bonchev–Trinajstić information content (AvgIpc) is 3.04. The van der Waals surface area contributed by atoms with Crippen molar-refractivity contribution in [3.63, 3.8) is 0 Å². The number of nitrogens with zero attached hydrogens (tertiary/aromatic N) is 1. The molecule has 3 heteroatoms. The third kappa shape index (κ3) is 4.55. The Morgan fingerprint density at radius 2 is 1.30 bits per heavy atom. The molecule has 3 rings (SSSR count). The van der Waals surface area contributed by atoms with E-state index in [2.05, 4.69) is 53.4 Å². The highest BCUT2D eigenvalue weighted by molar-refractivity contribution is 5.18. The first-order valence-corrected chi connectivity index (χ1v) is 7.90. The fourth-order valence-electron chi connectivity index (χ4n) is 2.69. The molecule has 3 aromatic rings. The van der Waals surface area contributed by atoms with Crippen molar-refractivity contribution in [1.82, 2.24) is 4.90 Å². The molecule has 2 N–H and O–H groups in total. The van der Waals surface area contributed by atoms with Gasteiger partial charge in [0.1, 0.15) is 5.76 Å². The van der Waals surface area contributed by atoms with Crippen LogP contribution in [0.3, 0.4) is 0 Å². The van der Waals surface area contributed by atoms with E-state index in [1.807, 2.05) is 18.2 Å². The number of nitrogens with two attached hydrogens (primary N) is 1. The summed E-state index contributed by atoms with van der Waals surface area (Å²) in [5.74, 6) is 0.956. The molecular weight excluding hydrogens is 284 g/mol. The zero-order valence-corrected chi connectivity index (χ0v) is 13.2. The molecule has 0 saturated heterocycles. The fourth-order valence-corrected chi connectivity index (χ4v) is 2.69. The van der Waals surface area contributed by atoms with E-state index in [1.54, 1.807) is 6.26 Å². The highest BCUT2D eigenvalue weighted by atomic mass is 16.3. The Morgan fingerprint density at radius 3 is 1.78 bits per heavy atom. The molecule has 0 unspecified atom stereocenters. The van der Waals surface area contributed by atoms with Gasteiger partial charge in [0.25, 0.3) is 0 Å². The molecule has 2 aromatic carbocycles. The second-order valence-electron chi connectivity index (χ2n) is 5.74. The second kappa shape index (κ2) is 7.77. The third-order valence-electron chi connectivity index (χ3n) is 3.82. The van der Waals surface area contributed by atoms with Crippen LogP contribution in [-0.2, 0) is 26.2 Å². The lowest BCUT2D eigenvalue weighted by Gasteiger charge is -2.21. The van der Waals surface area contributed by atoms with E-state index < -0.39 is 0 Å². The van der Waals surface area contributed by atoms with Gasteiger partial charge in [0.15, 0.2) is 0 Å². The zero-order valence-electron chi connectivity index (χ0n) is 13.2. The summed E-state index contributed by atoms with van der Waals surface area (Å²) in [6.07, 6.45) is 1.75. The van der Waals surface area contributed by atoms with Crippen molar-refractivity contribution in [1.29, 1.82) is 0 Å². The Balaban J connectivity index is 1.74. The summed E-state index contributed by atoms with van der Waals surface area (Å²) in [5.41, 5.74) is 9.31. The first kappa shape index (κ1) is 15.5. The van der Waals surface area contributed by atoms with Gasteiger partial charge in [-0.15, -0.1) is 0 Å². The first-order chi connectivity index (χ1) is 11.3. The fraction of sp³-hybridized carbons (Fsp3) is 0.200. The number of hydrogen-bond acceptors (Lipinski definition) is 3. The molecular formula is C20H22N2O. The number of hydrogen-bond donors (Lipinski definition) is 1. The van der Waals surface area contributed by atoms with E-state index in [0.717, 1.165) is 31.0 Å². The number of rotatable bonds is 7. The van der Waals surface area contributed by atoms with Crippen molar-refractivity contribution in [2.24, 2.45) is 5.73 Å². The minimum atomic E-state index is 0.515. The normalized spacial score (nSPS) is 11.0. The van der Waals surface area contributed by atoms with Crippen molar-refractivity contribution in [3.8, 4) is 0 Å². The van der Waals surface area contributed by atoms with Crippen LogP contribution in [0.1, 0.15) is 22.5 Å². The minimum absolute atomic E-state index is 0.515. The van der Waals surface area contributed by atoms with Crippen LogP contribution in [0.4, 0.5) is 0 Å². The maximum Gasteiger partial charge on any atom is 0.118 e. The van der Waals surface area contributed by atoms with E-state index in [-0.39, 0.29) is 0 Å². The maximum atomic E-state index is 5.67. The van der Waals surface area contributed by atoms with E-state index in [9.17, 15) is 0 Å². The Hall–Kier alpha value is -2.36. The van der Waals surface area contributed by atoms with Gasteiger partial charge in [-0.2, -0.15) is 0 Å². The maximum absolute atomic E-state index is 5.67. The highest BCUT2D eigenvalue weighted by Crippen LogP contribution is 2.16. The predicted molar refractivity (Wildman–Crippen MR) is 92.4 cm³/mol. The Bertz CT molecular complexity index is 665. The van der Waals surface area contributed by atoms with Crippen molar-refractivity contribution < 1.29 is 4.42 Å². The predicted octanol–water partition coefficient (Wildman–Crippen LogP) is 3.94. The third-order valence-corrected chi connectivity index (χ3v) is 3.82. The first-order valence-electron chi connectivity index (χ1n) is 7.90. The topological polar surface area (TPSA) is 42.4 Å². The Morgan fingerprint density at radius 1 is 0.739 bits per heavy atom. The Labute approximate surface area is 137 Å². The summed E-state index contributed by atoms with van der Waals surface area (Å²) in [6, 6.07) is 23.1. The standard InChI is InChI=1S/C20H22N2O/c21-12-19-11-20(23-16-19)15-22(13-17-7-3-1-4-8-17)14-18-9-5-2-6-10-18/h1-11,16H,12-15,21H2. The van der Waals surface area contributed by atoms with Crippen LogP contribution >= 0.6 is 0 Å². The zero-order chi connectivity index (χ0) is 15.9. The molecule has 3 nitrogen and oxygen atoms in total. The van der Waals surface area contributed by atoms with Gasteiger partial charge in [0.05, 0.1) is 12.8 Å². The second-order valence-corrected chi connectivity index (χ2v) is 5.74. The van der Waals surface area contributed by atoms with Crippen molar-refractivity contribution in [2.75, 3.05) is 0 Å². The number of furan rings is 1. The van der Waals surface area contributed by atoms with Gasteiger partial charge in [-0.1, -0.05) is 60.7 Å². The lowest BCUT2D eigenvalue weighted by molar-refractivity contribution is 0.227. The monoisotopic (exact) mass is 306 g/mol. The van der Waals surface area contributed by atoms with E-state index in [1.165, 1.54) is 11.1 Å². The molecule has 23 heavy (non-hydrogen) atoms. The number of benzene rings is 2. The highest BCUT2D eigenvalue weighted by Gasteiger charge is 2.11. The van der Waals surface area contributed by atoms with Crippen LogP contribution in [0.5, 0.6) is 0 Å². The lowest BCUT2D eigenvalue weighted by Crippen LogP contribution is -2.22. The van der Waals surface area contributed by atoms with Crippen LogP contribution < -0.4 is 5.73 Å². The minimum Gasteiger partial charge on any atom is -0.468 e. The van der Waals surface area contributed by atoms with Crippen LogP contribution in [0, 0.1) is 0 Å². The molecule has 1 heterocycles. The molecule has 0 aliphatic carbocycles. The van der Waals surface area contributed by atoms with Crippen molar-refractivity contribution >= 4 is 0 Å². The summed E-state index contributed by atoms with van der Waals surface area (Å²) in [7, 11) is 0. The molecule has 118 valence electrons. The summed E-state index contributed by atoms with van der Waals surface area (Å²) in [4.78, 5) is 2.38. The molecule has 0 atom stereocenters. The summed E-state index contributed by atoms with van der Waals surface area (Å²) in [6.45, 7) is 3.05. The van der Waals surface area contributed by atoms with Gasteiger partial charge in [-0.05, 0) is 17.2 Å². The smallest absolute Gasteiger partial charge is 0.118 e. The molecule has 1 aromatic heterocycles. The molecule has 0 aliphatic rings. The van der Waals surface area contributed by atoms with Gasteiger partial charge in [0, 0.05) is 25.2 Å². The average molecular weight is 306 g/mol. The van der Waals surface area contributed by atoms with Crippen LogP contribution in [0.2, 0.25) is 0 Å². The van der Waals surface area contributed by atoms with Gasteiger partial charge in [0.2, 0.25) is 0 Å². The van der Waals surface area contributed by atoms with Crippen LogP contribution in [0.25, 0.3) is 0 Å². The van der Waals surface area contributed by atoms with E-state index in [4.69, 9.17) is 10.2 Å².